The molecule has 0 spiro atoms. The summed E-state index contributed by atoms with van der Waals surface area (Å²) in [6.07, 6.45) is 0.357. The second-order valence-corrected chi connectivity index (χ2v) is 8.02. The molecular weight excluding hydrogens is 368 g/mol. The Morgan fingerprint density at radius 3 is 2.38 bits per heavy atom. The van der Waals surface area contributed by atoms with Gasteiger partial charge in [-0.25, -0.2) is 4.98 Å². The van der Waals surface area contributed by atoms with Gasteiger partial charge in [-0.1, -0.05) is 57.2 Å². The van der Waals surface area contributed by atoms with Gasteiger partial charge in [-0.05, 0) is 30.0 Å². The van der Waals surface area contributed by atoms with E-state index in [2.05, 4.69) is 25.8 Å². The van der Waals surface area contributed by atoms with E-state index < -0.39 is 12.1 Å². The van der Waals surface area contributed by atoms with Crippen LogP contribution in [0.5, 0.6) is 0 Å². The maximum Gasteiger partial charge on any atom is 0.326 e. The zero-order valence-electron chi connectivity index (χ0n) is 17.0. The smallest absolute Gasteiger partial charge is 0.326 e. The first-order chi connectivity index (χ1) is 13.7. The Bertz CT molecular complexity index is 1110. The molecule has 150 valence electrons. The van der Waals surface area contributed by atoms with E-state index in [9.17, 15) is 14.4 Å². The number of carbonyl (C=O) groups excluding carboxylic acids is 2. The number of benzene rings is 2. The number of carbonyl (C=O) groups is 2. The van der Waals surface area contributed by atoms with E-state index in [4.69, 9.17) is 4.74 Å². The van der Waals surface area contributed by atoms with Crippen molar-refractivity contribution in [3.63, 3.8) is 0 Å². The monoisotopic (exact) mass is 392 g/mol. The Morgan fingerprint density at radius 1 is 1.07 bits per heavy atom. The highest BCUT2D eigenvalue weighted by atomic mass is 16.5. The maximum atomic E-state index is 12.6. The van der Waals surface area contributed by atoms with Crippen LogP contribution in [0.25, 0.3) is 10.9 Å². The van der Waals surface area contributed by atoms with Crippen LogP contribution in [0.15, 0.2) is 59.7 Å². The van der Waals surface area contributed by atoms with Crippen molar-refractivity contribution >= 4 is 22.7 Å². The summed E-state index contributed by atoms with van der Waals surface area (Å²) in [5.41, 5.74) is 1.80. The molecule has 3 rings (SSSR count). The highest BCUT2D eigenvalue weighted by Crippen LogP contribution is 2.22. The number of ether oxygens (including phenoxy) is 1. The summed E-state index contributed by atoms with van der Waals surface area (Å²) in [4.78, 5) is 41.5. The Hall–Kier alpha value is -3.28. The van der Waals surface area contributed by atoms with Crippen LogP contribution in [-0.4, -0.2) is 27.4 Å². The molecule has 29 heavy (non-hydrogen) atoms. The van der Waals surface area contributed by atoms with E-state index in [0.29, 0.717) is 16.5 Å². The summed E-state index contributed by atoms with van der Waals surface area (Å²) in [5.74, 6) is -0.959. The molecule has 0 bridgehead atoms. The summed E-state index contributed by atoms with van der Waals surface area (Å²) < 4.78 is 6.44. The molecule has 0 N–H and O–H groups in total. The van der Waals surface area contributed by atoms with E-state index in [1.165, 1.54) is 17.8 Å². The van der Waals surface area contributed by atoms with Crippen molar-refractivity contribution in [1.82, 2.24) is 9.55 Å². The van der Waals surface area contributed by atoms with E-state index in [1.54, 1.807) is 36.4 Å². The minimum absolute atomic E-state index is 0.0131. The molecule has 0 unspecified atom stereocenters. The number of para-hydroxylation sites is 1. The maximum absolute atomic E-state index is 12.6. The number of rotatable bonds is 5. The molecule has 0 radical (unpaired) electrons. The van der Waals surface area contributed by atoms with Gasteiger partial charge >= 0.3 is 5.97 Å². The zero-order valence-corrected chi connectivity index (χ0v) is 17.0. The predicted octanol–water partition coefficient (Wildman–Crippen LogP) is 3.51. The summed E-state index contributed by atoms with van der Waals surface area (Å²) in [7, 11) is 0. The topological polar surface area (TPSA) is 78.3 Å². The van der Waals surface area contributed by atoms with Crippen LogP contribution in [0, 0.1) is 0 Å². The molecule has 3 aromatic rings. The van der Waals surface area contributed by atoms with Gasteiger partial charge in [0.2, 0.25) is 5.78 Å². The molecule has 1 atom stereocenters. The van der Waals surface area contributed by atoms with Gasteiger partial charge in [0.1, 0.15) is 6.54 Å². The second-order valence-electron chi connectivity index (χ2n) is 8.02. The number of nitrogens with zero attached hydrogens (tertiary/aromatic N) is 2. The molecule has 0 saturated carbocycles. The highest BCUT2D eigenvalue weighted by molar-refractivity contribution is 6.00. The molecule has 0 amide bonds. The van der Waals surface area contributed by atoms with Crippen molar-refractivity contribution in [1.29, 1.82) is 0 Å². The largest absolute Gasteiger partial charge is 0.453 e. The number of Topliss-reactive ketones (excluding diaryl/α,β-unsaturated/α-hetero) is 1. The molecular formula is C23H24N2O4. The fraction of sp³-hybridized carbons (Fsp3) is 0.304. The second kappa shape index (κ2) is 7.99. The Labute approximate surface area is 169 Å². The van der Waals surface area contributed by atoms with E-state index in [-0.39, 0.29) is 23.3 Å². The summed E-state index contributed by atoms with van der Waals surface area (Å²) in [6.45, 7) is 7.50. The SMILES string of the molecule is C[C@H](OC(=O)Cn1cnc2ccccc2c1=O)C(=O)c1ccc(C(C)(C)C)cc1. The summed E-state index contributed by atoms with van der Waals surface area (Å²) in [5, 5.41) is 0.422. The third-order valence-corrected chi connectivity index (χ3v) is 4.74. The van der Waals surface area contributed by atoms with Crippen molar-refractivity contribution in [2.75, 3.05) is 0 Å². The third kappa shape index (κ3) is 4.59. The van der Waals surface area contributed by atoms with E-state index in [1.807, 2.05) is 12.1 Å². The average molecular weight is 392 g/mol. The first-order valence-electron chi connectivity index (χ1n) is 9.45. The van der Waals surface area contributed by atoms with Crippen LogP contribution in [0.2, 0.25) is 0 Å². The minimum atomic E-state index is -0.952. The van der Waals surface area contributed by atoms with Gasteiger partial charge in [-0.15, -0.1) is 0 Å². The lowest BCUT2D eigenvalue weighted by molar-refractivity contribution is -0.147. The van der Waals surface area contributed by atoms with Crippen molar-refractivity contribution in [2.45, 2.75) is 45.8 Å². The Kier molecular flexibility index (Phi) is 5.64. The van der Waals surface area contributed by atoms with Crippen LogP contribution in [-0.2, 0) is 21.5 Å². The van der Waals surface area contributed by atoms with Gasteiger partial charge in [0, 0.05) is 5.56 Å². The number of ketones is 1. The number of hydrogen-bond acceptors (Lipinski definition) is 5. The van der Waals surface area contributed by atoms with Crippen molar-refractivity contribution in [3.8, 4) is 0 Å². The number of esters is 1. The minimum Gasteiger partial charge on any atom is -0.453 e. The van der Waals surface area contributed by atoms with Crippen molar-refractivity contribution < 1.29 is 14.3 Å². The molecule has 2 aromatic carbocycles. The van der Waals surface area contributed by atoms with E-state index in [0.717, 1.165) is 5.56 Å². The zero-order chi connectivity index (χ0) is 21.2. The van der Waals surface area contributed by atoms with Crippen LogP contribution < -0.4 is 5.56 Å². The van der Waals surface area contributed by atoms with Gasteiger partial charge in [-0.2, -0.15) is 0 Å². The molecule has 1 heterocycles. The van der Waals surface area contributed by atoms with Crippen LogP contribution >= 0.6 is 0 Å². The summed E-state index contributed by atoms with van der Waals surface area (Å²) >= 11 is 0. The standard InChI is InChI=1S/C23H24N2O4/c1-15(21(27)16-9-11-17(12-10-16)23(2,3)4)29-20(26)13-25-14-24-19-8-6-5-7-18(19)22(25)28/h5-12,14-15H,13H2,1-4H3/t15-/m0/s1. The molecule has 6 nitrogen and oxygen atoms in total. The first-order valence-corrected chi connectivity index (χ1v) is 9.45. The Balaban J connectivity index is 1.68. The number of fused-ring (bicyclic) bond motifs is 1. The van der Waals surface area contributed by atoms with Gasteiger partial charge in [0.15, 0.2) is 6.10 Å². The molecule has 0 fully saturated rings. The third-order valence-electron chi connectivity index (χ3n) is 4.74. The van der Waals surface area contributed by atoms with Crippen molar-refractivity contribution in [2.24, 2.45) is 0 Å². The fourth-order valence-corrected chi connectivity index (χ4v) is 3.01. The predicted molar refractivity (Wildman–Crippen MR) is 111 cm³/mol. The number of hydrogen-bond donors (Lipinski definition) is 0. The molecule has 0 aliphatic rings. The first kappa shape index (κ1) is 20.5. The van der Waals surface area contributed by atoms with E-state index >= 15 is 0 Å². The molecule has 0 aliphatic heterocycles. The normalized spacial score (nSPS) is 12.6. The lowest BCUT2D eigenvalue weighted by Gasteiger charge is -2.19. The average Bonchev–Trinajstić information content (AvgIpc) is 2.69. The lowest BCUT2D eigenvalue weighted by Crippen LogP contribution is -2.30. The van der Waals surface area contributed by atoms with Gasteiger partial charge in [-0.3, -0.25) is 19.0 Å². The molecule has 0 aliphatic carbocycles. The molecule has 0 saturated heterocycles. The molecule has 6 heteroatoms. The summed E-state index contributed by atoms with van der Waals surface area (Å²) in [6, 6.07) is 14.2. The quantitative estimate of drug-likeness (QED) is 0.490. The van der Waals surface area contributed by atoms with Crippen LogP contribution in [0.1, 0.15) is 43.6 Å². The van der Waals surface area contributed by atoms with Crippen LogP contribution in [0.4, 0.5) is 0 Å². The lowest BCUT2D eigenvalue weighted by atomic mass is 9.86. The Morgan fingerprint density at radius 2 is 1.72 bits per heavy atom. The molecule has 1 aromatic heterocycles. The van der Waals surface area contributed by atoms with Crippen molar-refractivity contribution in [3.05, 3.63) is 76.3 Å². The number of aromatic nitrogens is 2. The van der Waals surface area contributed by atoms with Crippen LogP contribution in [0.3, 0.4) is 0 Å². The van der Waals surface area contributed by atoms with Gasteiger partial charge < -0.3 is 4.74 Å². The van der Waals surface area contributed by atoms with Gasteiger partial charge in [0.25, 0.3) is 5.56 Å². The fourth-order valence-electron chi connectivity index (χ4n) is 3.01. The highest BCUT2D eigenvalue weighted by Gasteiger charge is 2.21. The van der Waals surface area contributed by atoms with Gasteiger partial charge in [0.05, 0.1) is 17.2 Å².